The number of benzene rings is 3. The lowest BCUT2D eigenvalue weighted by atomic mass is 9.47. The number of rotatable bonds is 21. The minimum Gasteiger partial charge on any atom is -0.458 e. The van der Waals surface area contributed by atoms with Crippen LogP contribution in [-0.2, 0) is 14.2 Å². The van der Waals surface area contributed by atoms with Gasteiger partial charge in [0, 0.05) is 48.7 Å². The predicted molar refractivity (Wildman–Crippen MR) is 483 cm³/mol. The summed E-state index contributed by atoms with van der Waals surface area (Å²) in [6.45, 7) is 37.7. The van der Waals surface area contributed by atoms with Crippen molar-refractivity contribution in [1.82, 2.24) is 0 Å². The van der Waals surface area contributed by atoms with Crippen LogP contribution in [0.5, 0.6) is 0 Å². The first-order valence-electron chi connectivity index (χ1n) is 46.9. The lowest BCUT2D eigenvalue weighted by Crippen LogP contribution is -2.51. The highest BCUT2D eigenvalue weighted by atomic mass is 127. The van der Waals surface area contributed by atoms with Crippen molar-refractivity contribution in [3.05, 3.63) is 136 Å². The van der Waals surface area contributed by atoms with Gasteiger partial charge in [-0.05, 0) is 374 Å². The molecule has 9 fully saturated rings. The highest BCUT2D eigenvalue weighted by Crippen LogP contribution is 2.71. The first kappa shape index (κ1) is 84.9. The first-order valence-corrected chi connectivity index (χ1v) is 49.0. The third kappa shape index (κ3) is 16.5. The topological polar surface area (TPSA) is 78.9 Å². The van der Waals surface area contributed by atoms with Crippen molar-refractivity contribution < 1.29 is 28.6 Å². The summed E-state index contributed by atoms with van der Waals surface area (Å²) >= 11 is 4.54. The molecule has 0 radical (unpaired) electrons. The quantitative estimate of drug-likeness (QED) is 0.0348. The molecule has 0 bridgehead atoms. The van der Waals surface area contributed by atoms with Crippen molar-refractivity contribution in [2.45, 2.75) is 334 Å². The largest absolute Gasteiger partial charge is 0.458 e. The van der Waals surface area contributed by atoms with Crippen LogP contribution in [0, 0.1) is 170 Å². The Morgan fingerprint density at radius 2 is 0.675 bits per heavy atom. The van der Waals surface area contributed by atoms with E-state index in [-0.39, 0.29) is 46.5 Å². The van der Waals surface area contributed by atoms with E-state index in [0.717, 1.165) is 160 Å². The summed E-state index contributed by atoms with van der Waals surface area (Å²) in [5.74, 6) is 26.6. The van der Waals surface area contributed by atoms with Crippen LogP contribution in [0.3, 0.4) is 0 Å². The third-order valence-corrected chi connectivity index (χ3v) is 37.8. The fourth-order valence-electron chi connectivity index (χ4n) is 29.6. The number of allylic oxidation sites excluding steroid dienone is 3. The molecule has 0 amide bonds. The Balaban J connectivity index is 0.633. The van der Waals surface area contributed by atoms with E-state index >= 15 is 4.79 Å². The standard InChI is InChI=1S/C106H144I2O6/c1-65(2)19-16-22-68(7)87-39-42-90-81-36-33-75-62-78(47-53-101(75,10)93(81)50-56-104(87,90)13)112-98(109)84-59-71(25-26-72-29-45-96(107)85(60-72)99(110)113-79-48-54-102(11)76(63-79)34-37-82-91-43-40-88(69(8)23-17-20-66(3)4)105(91,14)57-51-94(82)102)27-31-74(84)32-28-73-30-46-97(108)86(61-73)100(111)114-80-49-55-103(12)77(64-80)35-38-83-92-44-41-89(70(9)24-18-21-67(5)6)106(92,15)58-52-95(83)103/h27,29-31,33-35,45-46,59-61,65-70,78-83,87-95H,16-24,36-44,47-58,62-64H2,1-15H3/t68-,69-,70-,78+,79+,80+,81+,82+,83+,87-,88-,89-,90+,91+,92+,93+,94+,95+,101+,102+,103+,104-,105-,106-/m1/s1. The van der Waals surface area contributed by atoms with E-state index < -0.39 is 5.97 Å². The molecule has 12 aliphatic rings. The van der Waals surface area contributed by atoms with Crippen molar-refractivity contribution in [3.8, 4) is 23.7 Å². The zero-order valence-electron chi connectivity index (χ0n) is 73.1. The van der Waals surface area contributed by atoms with Gasteiger partial charge in [0.25, 0.3) is 0 Å². The van der Waals surface area contributed by atoms with Crippen molar-refractivity contribution in [2.75, 3.05) is 0 Å². The average Bonchev–Trinajstić information content (AvgIpc) is 1.74. The van der Waals surface area contributed by atoms with Crippen LogP contribution < -0.4 is 0 Å². The smallest absolute Gasteiger partial charge is 0.339 e. The Hall–Kier alpha value is -4.13. The summed E-state index contributed by atoms with van der Waals surface area (Å²) < 4.78 is 21.5. The molecule has 0 spiro atoms. The van der Waals surface area contributed by atoms with Gasteiger partial charge in [0.1, 0.15) is 18.3 Å². The van der Waals surface area contributed by atoms with E-state index in [2.05, 4.69) is 191 Å². The van der Waals surface area contributed by atoms with Crippen LogP contribution in [-0.4, -0.2) is 36.2 Å². The van der Waals surface area contributed by atoms with Gasteiger partial charge in [-0.1, -0.05) is 220 Å². The van der Waals surface area contributed by atoms with Gasteiger partial charge in [-0.15, -0.1) is 0 Å². The van der Waals surface area contributed by atoms with Crippen molar-refractivity contribution in [2.24, 2.45) is 139 Å². The normalized spacial score (nSPS) is 37.2. The fraction of sp³-hybridized carbons (Fsp3) is 0.708. The van der Waals surface area contributed by atoms with Crippen LogP contribution in [0.1, 0.15) is 369 Å². The SMILES string of the molecule is CC(C)CCC[C@@H](C)[C@H]1CC[C@H]2[C@@H]3CC=C4C[C@@H](OC(=O)c5cc(C#Cc6ccc(C#Cc7ccc(I)c(C(=O)O[C@H]8CC[C@@]9(C)C(=CC[C@H]%10[C@@H]%11CC[C@H]([C@H](C)CCCC(C)C)[C@@]%11(C)CC[C@@H]%109)C8)c7)c(C(=O)O[C@H]7CC[C@@]8(C)C(=CC[C@H]9[C@@H]%10CC[C@H]([C@H](C)CCCC(C)C)[C@@]%10(C)CC[C@@H]98)C7)c6)ccc5I)CC[C@]4(C)[C@H]3CC[C@]12C. The molecule has 24 atom stereocenters. The van der Waals surface area contributed by atoms with E-state index in [0.29, 0.717) is 72.9 Å². The van der Waals surface area contributed by atoms with Gasteiger partial charge in [-0.3, -0.25) is 0 Å². The Morgan fingerprint density at radius 3 is 1.01 bits per heavy atom. The second-order valence-electron chi connectivity index (χ2n) is 43.3. The summed E-state index contributed by atoms with van der Waals surface area (Å²) in [4.78, 5) is 44.2. The van der Waals surface area contributed by atoms with Gasteiger partial charge in [-0.2, -0.15) is 0 Å². The molecule has 15 rings (SSSR count). The Morgan fingerprint density at radius 1 is 0.368 bits per heavy atom. The van der Waals surface area contributed by atoms with Crippen molar-refractivity contribution in [1.29, 1.82) is 0 Å². The average molecular weight is 1770 g/mol. The molecule has 9 saturated carbocycles. The number of hydrogen-bond acceptors (Lipinski definition) is 6. The number of carbonyl (C=O) groups is 3. The van der Waals surface area contributed by atoms with Crippen LogP contribution in [0.15, 0.2) is 89.5 Å². The maximum absolute atomic E-state index is 15.2. The van der Waals surface area contributed by atoms with E-state index in [1.807, 2.05) is 54.6 Å². The molecule has 0 heterocycles. The molecule has 3 aromatic carbocycles. The molecular weight excluding hydrogens is 1620 g/mol. The highest BCUT2D eigenvalue weighted by molar-refractivity contribution is 14.1. The highest BCUT2D eigenvalue weighted by Gasteiger charge is 2.63. The molecule has 8 heteroatoms. The molecule has 6 nitrogen and oxygen atoms in total. The summed E-state index contributed by atoms with van der Waals surface area (Å²) in [6.07, 6.45) is 47.5. The zero-order valence-corrected chi connectivity index (χ0v) is 77.4. The summed E-state index contributed by atoms with van der Waals surface area (Å²) in [5, 5.41) is 0. The number of esters is 3. The van der Waals surface area contributed by atoms with E-state index in [1.165, 1.54) is 164 Å². The van der Waals surface area contributed by atoms with Crippen LogP contribution in [0.4, 0.5) is 0 Å². The maximum Gasteiger partial charge on any atom is 0.339 e. The fourth-order valence-corrected chi connectivity index (χ4v) is 30.7. The second-order valence-corrected chi connectivity index (χ2v) is 45.7. The van der Waals surface area contributed by atoms with Gasteiger partial charge >= 0.3 is 17.9 Å². The van der Waals surface area contributed by atoms with Crippen LogP contribution in [0.2, 0.25) is 0 Å². The van der Waals surface area contributed by atoms with Gasteiger partial charge < -0.3 is 14.2 Å². The first-order chi connectivity index (χ1) is 54.4. The Kier molecular flexibility index (Phi) is 25.6. The second kappa shape index (κ2) is 34.4. The molecule has 0 N–H and O–H groups in total. The van der Waals surface area contributed by atoms with Gasteiger partial charge in [0.15, 0.2) is 0 Å². The molecule has 0 unspecified atom stereocenters. The van der Waals surface area contributed by atoms with Gasteiger partial charge in [-0.25, -0.2) is 14.4 Å². The molecule has 3 aromatic rings. The number of fused-ring (bicyclic) bond motifs is 15. The monoisotopic (exact) mass is 1770 g/mol. The van der Waals surface area contributed by atoms with Crippen LogP contribution >= 0.6 is 45.2 Å². The number of halogens is 2. The molecular formula is C106H144I2O6. The summed E-state index contributed by atoms with van der Waals surface area (Å²) in [6, 6.07) is 17.3. The lowest BCUT2D eigenvalue weighted by Gasteiger charge is -2.58. The van der Waals surface area contributed by atoms with Gasteiger partial charge in [0.2, 0.25) is 0 Å². The van der Waals surface area contributed by atoms with Crippen molar-refractivity contribution in [3.63, 3.8) is 0 Å². The maximum atomic E-state index is 15.2. The molecule has 114 heavy (non-hydrogen) atoms. The van der Waals surface area contributed by atoms with Crippen molar-refractivity contribution >= 4 is 63.1 Å². The molecule has 0 aliphatic heterocycles. The molecule has 0 aromatic heterocycles. The van der Waals surface area contributed by atoms with Crippen LogP contribution in [0.25, 0.3) is 0 Å². The number of hydrogen-bond donors (Lipinski definition) is 0. The Bertz CT molecular complexity index is 4280. The minimum atomic E-state index is -0.391. The van der Waals surface area contributed by atoms with E-state index in [9.17, 15) is 9.59 Å². The number of carbonyl (C=O) groups excluding carboxylic acids is 3. The summed E-state index contributed by atoms with van der Waals surface area (Å²) in [5.41, 5.74) is 10.3. The molecule has 0 saturated heterocycles. The lowest BCUT2D eigenvalue weighted by molar-refractivity contribution is -0.0594. The zero-order chi connectivity index (χ0) is 80.6. The van der Waals surface area contributed by atoms with E-state index in [4.69, 9.17) is 14.2 Å². The third-order valence-electron chi connectivity index (χ3n) is 35.9. The predicted octanol–water partition coefficient (Wildman–Crippen LogP) is 28.4. The minimum absolute atomic E-state index is 0.112. The molecule has 12 aliphatic carbocycles. The van der Waals surface area contributed by atoms with Gasteiger partial charge in [0.05, 0.1) is 16.7 Å². The van der Waals surface area contributed by atoms with E-state index in [1.54, 1.807) is 0 Å². The number of ether oxygens (including phenoxy) is 3. The molecule has 618 valence electrons. The Labute approximate surface area is 718 Å². The summed E-state index contributed by atoms with van der Waals surface area (Å²) in [7, 11) is 0.